The van der Waals surface area contributed by atoms with Crippen LogP contribution in [0.15, 0.2) is 42.5 Å². The molecule has 0 radical (unpaired) electrons. The van der Waals surface area contributed by atoms with Crippen LogP contribution in [0.3, 0.4) is 0 Å². The van der Waals surface area contributed by atoms with E-state index in [1.54, 1.807) is 13.0 Å². The third-order valence-corrected chi connectivity index (χ3v) is 7.21. The van der Waals surface area contributed by atoms with Crippen LogP contribution in [0.2, 0.25) is 0 Å². The molecule has 188 valence electrons. The Bertz CT molecular complexity index is 1100. The van der Waals surface area contributed by atoms with Crippen LogP contribution in [0.4, 0.5) is 15.8 Å². The maximum atomic E-state index is 13.3. The fraction of sp³-hybridized carbons (Fsp3) is 0.423. The molecule has 2 aromatic rings. The molecule has 3 amide bonds. The molecule has 3 rings (SSSR count). The first-order valence-electron chi connectivity index (χ1n) is 11.7. The number of benzene rings is 2. The lowest BCUT2D eigenvalue weighted by Gasteiger charge is -2.31. The zero-order valence-corrected chi connectivity index (χ0v) is 21.1. The fourth-order valence-electron chi connectivity index (χ4n) is 4.28. The Morgan fingerprint density at radius 3 is 2.34 bits per heavy atom. The fourth-order valence-corrected chi connectivity index (χ4v) is 5.16. The highest BCUT2D eigenvalue weighted by Gasteiger charge is 2.31. The van der Waals surface area contributed by atoms with Crippen LogP contribution in [0.1, 0.15) is 43.7 Å². The third kappa shape index (κ3) is 7.45. The summed E-state index contributed by atoms with van der Waals surface area (Å²) >= 11 is 0. The van der Waals surface area contributed by atoms with Gasteiger partial charge in [-0.2, -0.15) is 0 Å². The van der Waals surface area contributed by atoms with Crippen LogP contribution in [0.25, 0.3) is 0 Å². The zero-order valence-electron chi connectivity index (χ0n) is 20.3. The summed E-state index contributed by atoms with van der Waals surface area (Å²) < 4.78 is 25.7. The first-order chi connectivity index (χ1) is 16.6. The number of halogens is 1. The molecule has 0 heterocycles. The molecule has 9 heteroatoms. The van der Waals surface area contributed by atoms with Crippen molar-refractivity contribution in [3.8, 4) is 0 Å². The first-order valence-corrected chi connectivity index (χ1v) is 13.2. The monoisotopic (exact) mass is 501 g/mol. The zero-order chi connectivity index (χ0) is 25.5. The summed E-state index contributed by atoms with van der Waals surface area (Å²) in [6.45, 7) is 5.46. The summed E-state index contributed by atoms with van der Waals surface area (Å²) in [6, 6.07) is 10.1. The van der Waals surface area contributed by atoms with E-state index in [0.717, 1.165) is 36.8 Å². The molecule has 35 heavy (non-hydrogen) atoms. The Balaban J connectivity index is 1.71. The van der Waals surface area contributed by atoms with E-state index < -0.39 is 46.0 Å². The predicted octanol–water partition coefficient (Wildman–Crippen LogP) is 3.61. The quantitative estimate of drug-likeness (QED) is 0.549. The highest BCUT2D eigenvalue weighted by molar-refractivity contribution is 7.86. The Kier molecular flexibility index (Phi) is 9.14. The van der Waals surface area contributed by atoms with Crippen molar-refractivity contribution in [3.63, 3.8) is 0 Å². The van der Waals surface area contributed by atoms with Gasteiger partial charge in [0.2, 0.25) is 17.7 Å². The van der Waals surface area contributed by atoms with Gasteiger partial charge in [0.1, 0.15) is 23.4 Å². The van der Waals surface area contributed by atoms with Gasteiger partial charge in [0, 0.05) is 28.2 Å². The van der Waals surface area contributed by atoms with Gasteiger partial charge < -0.3 is 10.6 Å². The third-order valence-electron chi connectivity index (χ3n) is 6.05. The Labute approximate surface area is 207 Å². The highest BCUT2D eigenvalue weighted by atomic mass is 32.2. The van der Waals surface area contributed by atoms with Gasteiger partial charge in [-0.3, -0.25) is 23.5 Å². The van der Waals surface area contributed by atoms with Gasteiger partial charge >= 0.3 is 0 Å². The Hall–Kier alpha value is -3.07. The average Bonchev–Trinajstić information content (AvgIpc) is 3.29. The normalized spacial score (nSPS) is 15.3. The number of carbonyl (C=O) groups is 3. The number of rotatable bonds is 9. The maximum absolute atomic E-state index is 13.3. The summed E-state index contributed by atoms with van der Waals surface area (Å²) in [7, 11) is -1.81. The second-order valence-electron chi connectivity index (χ2n) is 9.00. The molecular formula is C26H32FN3O4S. The molecule has 1 fully saturated rings. The summed E-state index contributed by atoms with van der Waals surface area (Å²) in [4.78, 5) is 40.0. The van der Waals surface area contributed by atoms with Gasteiger partial charge in [0.15, 0.2) is 0 Å². The van der Waals surface area contributed by atoms with Crippen molar-refractivity contribution >= 4 is 39.9 Å². The van der Waals surface area contributed by atoms with Crippen LogP contribution in [-0.2, 0) is 25.2 Å². The molecule has 1 saturated carbocycles. The number of nitrogens with zero attached hydrogens (tertiary/aromatic N) is 1. The van der Waals surface area contributed by atoms with Crippen molar-refractivity contribution in [2.75, 3.05) is 21.7 Å². The van der Waals surface area contributed by atoms with E-state index in [-0.39, 0.29) is 11.9 Å². The summed E-state index contributed by atoms with van der Waals surface area (Å²) in [5.41, 5.74) is 2.78. The maximum Gasteiger partial charge on any atom is 0.243 e. The molecule has 2 aromatic carbocycles. The molecule has 1 aliphatic rings. The lowest BCUT2D eigenvalue weighted by molar-refractivity contribution is -0.125. The van der Waals surface area contributed by atoms with E-state index in [4.69, 9.17) is 0 Å². The van der Waals surface area contributed by atoms with Gasteiger partial charge in [-0.1, -0.05) is 30.5 Å². The van der Waals surface area contributed by atoms with Crippen LogP contribution < -0.4 is 15.5 Å². The standard InChI is InChI=1S/C26H32FN3O4S/c1-17-8-13-23(18(2)14-17)30(19(3)26(33)29-21-6-4-5-7-21)25(32)16-35(34)15-24(31)28-22-11-9-20(27)10-12-22/h8-14,19,21H,4-7,15-16H2,1-3H3,(H,28,31)(H,29,33)/t19-,35-/m0/s1. The predicted molar refractivity (Wildman–Crippen MR) is 136 cm³/mol. The number of amides is 3. The number of aryl methyl sites for hydroxylation is 2. The second kappa shape index (κ2) is 12.1. The van der Waals surface area contributed by atoms with E-state index in [2.05, 4.69) is 10.6 Å². The van der Waals surface area contributed by atoms with Crippen molar-refractivity contribution < 1.29 is 23.0 Å². The minimum atomic E-state index is -1.81. The summed E-state index contributed by atoms with van der Waals surface area (Å²) in [5.74, 6) is -2.55. The number of nitrogens with one attached hydrogen (secondary N) is 2. The van der Waals surface area contributed by atoms with Gasteiger partial charge in [0.25, 0.3) is 0 Å². The van der Waals surface area contributed by atoms with Crippen molar-refractivity contribution in [2.24, 2.45) is 0 Å². The lowest BCUT2D eigenvalue weighted by Crippen LogP contribution is -2.51. The molecule has 7 nitrogen and oxygen atoms in total. The Morgan fingerprint density at radius 1 is 1.06 bits per heavy atom. The van der Waals surface area contributed by atoms with E-state index in [1.165, 1.54) is 29.2 Å². The number of anilines is 2. The summed E-state index contributed by atoms with van der Waals surface area (Å²) in [5, 5.41) is 5.58. The summed E-state index contributed by atoms with van der Waals surface area (Å²) in [6.07, 6.45) is 3.97. The molecule has 0 aromatic heterocycles. The minimum Gasteiger partial charge on any atom is -0.352 e. The van der Waals surface area contributed by atoms with Crippen molar-refractivity contribution in [1.82, 2.24) is 5.32 Å². The molecule has 0 aliphatic heterocycles. The van der Waals surface area contributed by atoms with E-state index in [9.17, 15) is 23.0 Å². The average molecular weight is 502 g/mol. The minimum absolute atomic E-state index is 0.102. The molecule has 2 N–H and O–H groups in total. The molecule has 1 aliphatic carbocycles. The van der Waals surface area contributed by atoms with Crippen LogP contribution >= 0.6 is 0 Å². The highest BCUT2D eigenvalue weighted by Crippen LogP contribution is 2.25. The smallest absolute Gasteiger partial charge is 0.243 e. The van der Waals surface area contributed by atoms with Gasteiger partial charge in [-0.15, -0.1) is 0 Å². The number of hydrogen-bond acceptors (Lipinski definition) is 4. The van der Waals surface area contributed by atoms with Crippen molar-refractivity contribution in [2.45, 2.75) is 58.5 Å². The number of hydrogen-bond donors (Lipinski definition) is 2. The first kappa shape index (κ1) is 26.5. The van der Waals surface area contributed by atoms with Gasteiger partial charge in [-0.25, -0.2) is 4.39 Å². The molecule has 2 atom stereocenters. The molecule has 0 spiro atoms. The largest absolute Gasteiger partial charge is 0.352 e. The van der Waals surface area contributed by atoms with Crippen molar-refractivity contribution in [3.05, 3.63) is 59.4 Å². The molecule has 0 saturated heterocycles. The molecule has 0 bridgehead atoms. The van der Waals surface area contributed by atoms with Crippen LogP contribution in [0, 0.1) is 19.7 Å². The lowest BCUT2D eigenvalue weighted by atomic mass is 10.1. The van der Waals surface area contributed by atoms with Crippen molar-refractivity contribution in [1.29, 1.82) is 0 Å². The van der Waals surface area contributed by atoms with E-state index >= 15 is 0 Å². The van der Waals surface area contributed by atoms with Gasteiger partial charge in [-0.05, 0) is 69.5 Å². The molecule has 0 unspecified atom stereocenters. The van der Waals surface area contributed by atoms with Crippen LogP contribution in [-0.4, -0.2) is 45.5 Å². The Morgan fingerprint density at radius 2 is 1.71 bits per heavy atom. The number of carbonyl (C=O) groups excluding carboxylic acids is 3. The SMILES string of the molecule is Cc1ccc(N(C(=O)C[S@@](=O)CC(=O)Nc2ccc(F)cc2)[C@@H](C)C(=O)NC2CCCC2)c(C)c1. The molecular weight excluding hydrogens is 469 g/mol. The second-order valence-corrected chi connectivity index (χ2v) is 10.5. The van der Waals surface area contributed by atoms with E-state index in [1.807, 2.05) is 26.0 Å². The topological polar surface area (TPSA) is 95.6 Å². The van der Waals surface area contributed by atoms with Crippen LogP contribution in [0.5, 0.6) is 0 Å². The van der Waals surface area contributed by atoms with E-state index in [0.29, 0.717) is 11.4 Å². The van der Waals surface area contributed by atoms with Gasteiger partial charge in [0.05, 0.1) is 0 Å².